The van der Waals surface area contributed by atoms with E-state index in [1.54, 1.807) is 12.1 Å². The molecule has 5 heteroatoms. The normalized spacial score (nSPS) is 25.8. The SMILES string of the molecule is C=C1C(C2=CC=CC[N-]2)=NC2CN(c3cc(O)cc(Cl)c3)CCCC12. The van der Waals surface area contributed by atoms with Crippen LogP contribution in [0.3, 0.4) is 0 Å². The second kappa shape index (κ2) is 6.60. The molecule has 25 heavy (non-hydrogen) atoms. The van der Waals surface area contributed by atoms with Crippen LogP contribution < -0.4 is 4.90 Å². The molecule has 0 bridgehead atoms. The van der Waals surface area contributed by atoms with Gasteiger partial charge in [0, 0.05) is 41.5 Å². The Morgan fingerprint density at radius 2 is 2.20 bits per heavy atom. The van der Waals surface area contributed by atoms with Gasteiger partial charge < -0.3 is 15.3 Å². The minimum Gasteiger partial charge on any atom is -0.679 e. The molecule has 4 nitrogen and oxygen atoms in total. The number of anilines is 1. The molecule has 0 spiro atoms. The minimum absolute atomic E-state index is 0.174. The third-order valence-corrected chi connectivity index (χ3v) is 5.31. The Morgan fingerprint density at radius 1 is 1.32 bits per heavy atom. The van der Waals surface area contributed by atoms with E-state index in [9.17, 15) is 5.11 Å². The number of hydrogen-bond donors (Lipinski definition) is 1. The summed E-state index contributed by atoms with van der Waals surface area (Å²) in [7, 11) is 0. The molecule has 2 unspecified atom stereocenters. The predicted octanol–water partition coefficient (Wildman–Crippen LogP) is 4.47. The average Bonchev–Trinajstić information content (AvgIpc) is 2.78. The molecule has 130 valence electrons. The molecule has 4 rings (SSSR count). The van der Waals surface area contributed by atoms with Gasteiger partial charge in [0.1, 0.15) is 5.75 Å². The molecule has 3 aliphatic heterocycles. The maximum absolute atomic E-state index is 9.86. The average molecular weight is 355 g/mol. The summed E-state index contributed by atoms with van der Waals surface area (Å²) in [6, 6.07) is 5.40. The highest BCUT2D eigenvalue weighted by molar-refractivity contribution is 6.31. The lowest BCUT2D eigenvalue weighted by Crippen LogP contribution is -2.31. The van der Waals surface area contributed by atoms with Crippen LogP contribution in [0.15, 0.2) is 59.3 Å². The monoisotopic (exact) mass is 354 g/mol. The van der Waals surface area contributed by atoms with Crippen molar-refractivity contribution in [1.29, 1.82) is 0 Å². The minimum atomic E-state index is 0.174. The Kier molecular flexibility index (Phi) is 4.30. The first-order valence-electron chi connectivity index (χ1n) is 8.68. The van der Waals surface area contributed by atoms with Gasteiger partial charge in [-0.15, -0.1) is 18.3 Å². The van der Waals surface area contributed by atoms with Gasteiger partial charge in [-0.25, -0.2) is 0 Å². The van der Waals surface area contributed by atoms with Crippen LogP contribution in [0.5, 0.6) is 5.75 Å². The molecule has 1 fully saturated rings. The lowest BCUT2D eigenvalue weighted by molar-refractivity contribution is 0.475. The molecule has 1 N–H and O–H groups in total. The fraction of sp³-hybridized carbons (Fsp3) is 0.350. The highest BCUT2D eigenvalue weighted by Crippen LogP contribution is 2.38. The second-order valence-corrected chi connectivity index (χ2v) is 7.19. The lowest BCUT2D eigenvalue weighted by Gasteiger charge is -2.27. The number of nitrogens with zero attached hydrogens (tertiary/aromatic N) is 3. The summed E-state index contributed by atoms with van der Waals surface area (Å²) < 4.78 is 0. The van der Waals surface area contributed by atoms with Gasteiger partial charge in [-0.2, -0.15) is 0 Å². The number of hydrogen-bond acceptors (Lipinski definition) is 3. The summed E-state index contributed by atoms with van der Waals surface area (Å²) in [5, 5.41) is 15.0. The molecule has 1 aromatic rings. The van der Waals surface area contributed by atoms with Crippen molar-refractivity contribution < 1.29 is 5.11 Å². The molecule has 0 saturated carbocycles. The number of rotatable bonds is 2. The van der Waals surface area contributed by atoms with Crippen molar-refractivity contribution >= 4 is 23.0 Å². The molecular weight excluding hydrogens is 334 g/mol. The van der Waals surface area contributed by atoms with Crippen molar-refractivity contribution in [3.63, 3.8) is 0 Å². The van der Waals surface area contributed by atoms with Gasteiger partial charge in [-0.05, 0) is 30.5 Å². The number of phenolic OH excluding ortho intramolecular Hbond substituents is 1. The van der Waals surface area contributed by atoms with Crippen LogP contribution >= 0.6 is 11.6 Å². The molecule has 0 radical (unpaired) electrons. The fourth-order valence-electron chi connectivity index (χ4n) is 3.88. The molecule has 3 heterocycles. The molecule has 1 saturated heterocycles. The van der Waals surface area contributed by atoms with Crippen molar-refractivity contribution in [3.05, 3.63) is 64.6 Å². The summed E-state index contributed by atoms with van der Waals surface area (Å²) >= 11 is 6.11. The van der Waals surface area contributed by atoms with Crippen LogP contribution in [0.2, 0.25) is 5.02 Å². The van der Waals surface area contributed by atoms with Crippen molar-refractivity contribution in [2.75, 3.05) is 24.5 Å². The molecule has 0 aromatic heterocycles. The van der Waals surface area contributed by atoms with E-state index in [0.29, 0.717) is 17.5 Å². The lowest BCUT2D eigenvalue weighted by atomic mass is 9.89. The Labute approximate surface area is 153 Å². The molecule has 3 aliphatic rings. The number of benzene rings is 1. The quantitative estimate of drug-likeness (QED) is 0.851. The van der Waals surface area contributed by atoms with E-state index in [-0.39, 0.29) is 11.8 Å². The summed E-state index contributed by atoms with van der Waals surface area (Å²) in [6.45, 7) is 6.77. The number of allylic oxidation sites excluding steroid dienone is 3. The zero-order chi connectivity index (χ0) is 17.4. The van der Waals surface area contributed by atoms with Gasteiger partial charge in [-0.1, -0.05) is 30.3 Å². The maximum atomic E-state index is 9.86. The van der Waals surface area contributed by atoms with Gasteiger partial charge >= 0.3 is 0 Å². The van der Waals surface area contributed by atoms with E-state index in [4.69, 9.17) is 16.6 Å². The van der Waals surface area contributed by atoms with Gasteiger partial charge in [0.2, 0.25) is 0 Å². The van der Waals surface area contributed by atoms with Gasteiger partial charge in [-0.3, -0.25) is 4.99 Å². The summed E-state index contributed by atoms with van der Waals surface area (Å²) in [4.78, 5) is 7.25. The zero-order valence-corrected chi connectivity index (χ0v) is 14.8. The standard InChI is InChI=1S/C20H21ClN3O/c1-13-17-5-4-8-24(15-9-14(21)10-16(25)11-15)12-19(17)23-20(13)18-6-2-3-7-22-18/h2-3,6,9-11,17,19,25H,1,4-5,7-8,12H2/q-1. The van der Waals surface area contributed by atoms with E-state index >= 15 is 0 Å². The van der Waals surface area contributed by atoms with E-state index in [1.807, 2.05) is 24.3 Å². The number of phenols is 1. The second-order valence-electron chi connectivity index (χ2n) is 6.75. The van der Waals surface area contributed by atoms with Gasteiger partial charge in [0.25, 0.3) is 0 Å². The predicted molar refractivity (Wildman–Crippen MR) is 104 cm³/mol. The third-order valence-electron chi connectivity index (χ3n) is 5.09. The van der Waals surface area contributed by atoms with Crippen LogP contribution in [0.25, 0.3) is 5.32 Å². The largest absolute Gasteiger partial charge is 0.679 e. The molecule has 0 amide bonds. The van der Waals surface area contributed by atoms with Gasteiger partial charge in [0.15, 0.2) is 0 Å². The Bertz CT molecular complexity index is 776. The van der Waals surface area contributed by atoms with Gasteiger partial charge in [0.05, 0.1) is 6.04 Å². The van der Waals surface area contributed by atoms with Crippen molar-refractivity contribution in [2.24, 2.45) is 10.9 Å². The van der Waals surface area contributed by atoms with E-state index in [1.165, 1.54) is 0 Å². The van der Waals surface area contributed by atoms with E-state index in [2.05, 4.69) is 16.8 Å². The highest BCUT2D eigenvalue weighted by Gasteiger charge is 2.35. The highest BCUT2D eigenvalue weighted by atomic mass is 35.5. The van der Waals surface area contributed by atoms with Crippen LogP contribution in [-0.4, -0.2) is 36.5 Å². The van der Waals surface area contributed by atoms with Crippen LogP contribution in [0.1, 0.15) is 12.8 Å². The number of fused-ring (bicyclic) bond motifs is 1. The third kappa shape index (κ3) is 3.19. The molecule has 1 aromatic carbocycles. The van der Waals surface area contributed by atoms with E-state index < -0.39 is 0 Å². The maximum Gasteiger partial charge on any atom is 0.119 e. The van der Waals surface area contributed by atoms with Crippen molar-refractivity contribution in [1.82, 2.24) is 0 Å². The fourth-order valence-corrected chi connectivity index (χ4v) is 4.11. The summed E-state index contributed by atoms with van der Waals surface area (Å²) in [6.07, 6.45) is 8.22. The Hall–Kier alpha value is -2.20. The first-order valence-corrected chi connectivity index (χ1v) is 9.06. The first kappa shape index (κ1) is 16.3. The molecule has 0 aliphatic carbocycles. The summed E-state index contributed by atoms with van der Waals surface area (Å²) in [5.41, 5.74) is 3.98. The molecular formula is C20H21ClN3O-. The number of aliphatic imine (C=N–C) groups is 1. The molecule has 2 atom stereocenters. The van der Waals surface area contributed by atoms with E-state index in [0.717, 1.165) is 48.6 Å². The van der Waals surface area contributed by atoms with Crippen LogP contribution in [0, 0.1) is 5.92 Å². The number of aromatic hydroxyl groups is 1. The Morgan fingerprint density at radius 3 is 2.96 bits per heavy atom. The van der Waals surface area contributed by atoms with Crippen molar-refractivity contribution in [2.45, 2.75) is 18.9 Å². The van der Waals surface area contributed by atoms with Crippen LogP contribution in [-0.2, 0) is 0 Å². The zero-order valence-electron chi connectivity index (χ0n) is 14.0. The smallest absolute Gasteiger partial charge is 0.119 e. The van der Waals surface area contributed by atoms with Crippen LogP contribution in [0.4, 0.5) is 5.69 Å². The Balaban J connectivity index is 1.61. The summed E-state index contributed by atoms with van der Waals surface area (Å²) in [5.74, 6) is 0.566. The number of halogens is 1. The first-order chi connectivity index (χ1) is 12.1. The van der Waals surface area contributed by atoms with Crippen molar-refractivity contribution in [3.8, 4) is 5.75 Å². The topological polar surface area (TPSA) is 49.9 Å².